The number of aliphatic imine (C=N–C) groups is 1. The van der Waals surface area contributed by atoms with E-state index in [0.29, 0.717) is 11.6 Å². The molecule has 1 aromatic carbocycles. The highest BCUT2D eigenvalue weighted by Gasteiger charge is 2.06. The lowest BCUT2D eigenvalue weighted by molar-refractivity contribution is 0.224. The topological polar surface area (TPSA) is 45.7 Å². The Morgan fingerprint density at radius 2 is 2.17 bits per heavy atom. The minimum absolute atomic E-state index is 0. The molecule has 1 heterocycles. The van der Waals surface area contributed by atoms with Crippen molar-refractivity contribution in [3.05, 3.63) is 51.7 Å². The van der Waals surface area contributed by atoms with Crippen LogP contribution in [0.5, 0.6) is 5.75 Å². The van der Waals surface area contributed by atoms with Crippen LogP contribution in [0.4, 0.5) is 0 Å². The number of rotatable bonds is 6. The molecule has 7 heteroatoms. The fourth-order valence-corrected chi connectivity index (χ4v) is 2.70. The third-order valence-electron chi connectivity index (χ3n) is 2.95. The van der Waals surface area contributed by atoms with E-state index in [9.17, 15) is 0 Å². The van der Waals surface area contributed by atoms with Crippen molar-refractivity contribution in [2.75, 3.05) is 13.6 Å². The smallest absolute Gasteiger partial charge is 0.191 e. The lowest BCUT2D eigenvalue weighted by Crippen LogP contribution is -2.41. The first-order valence-electron chi connectivity index (χ1n) is 7.05. The molecule has 0 saturated heterocycles. The summed E-state index contributed by atoms with van der Waals surface area (Å²) in [6.45, 7) is 3.41. The van der Waals surface area contributed by atoms with Crippen LogP contribution in [0.25, 0.3) is 0 Å². The summed E-state index contributed by atoms with van der Waals surface area (Å²) in [5, 5.41) is 11.4. The molecule has 1 unspecified atom stereocenters. The van der Waals surface area contributed by atoms with E-state index in [0.717, 1.165) is 18.3 Å². The number of hydrogen-bond acceptors (Lipinski definition) is 3. The molecule has 0 saturated carbocycles. The number of hydrogen-bond donors (Lipinski definition) is 2. The van der Waals surface area contributed by atoms with Crippen LogP contribution in [0.3, 0.4) is 0 Å². The van der Waals surface area contributed by atoms with E-state index in [2.05, 4.69) is 32.5 Å². The predicted molar refractivity (Wildman–Crippen MR) is 109 cm³/mol. The summed E-state index contributed by atoms with van der Waals surface area (Å²) in [7, 11) is 1.76. The van der Waals surface area contributed by atoms with Gasteiger partial charge in [0.1, 0.15) is 11.9 Å². The van der Waals surface area contributed by atoms with Crippen LogP contribution in [0, 0.1) is 0 Å². The summed E-state index contributed by atoms with van der Waals surface area (Å²) in [6, 6.07) is 9.50. The first-order chi connectivity index (χ1) is 10.7. The molecule has 0 fully saturated rings. The van der Waals surface area contributed by atoms with E-state index in [-0.39, 0.29) is 30.1 Å². The highest BCUT2D eigenvalue weighted by molar-refractivity contribution is 14.0. The number of thiophene rings is 1. The van der Waals surface area contributed by atoms with Gasteiger partial charge in [-0.2, -0.15) is 11.3 Å². The van der Waals surface area contributed by atoms with Crippen molar-refractivity contribution in [3.8, 4) is 5.75 Å². The van der Waals surface area contributed by atoms with E-state index in [4.69, 9.17) is 16.3 Å². The van der Waals surface area contributed by atoms with Crippen molar-refractivity contribution in [1.29, 1.82) is 0 Å². The van der Waals surface area contributed by atoms with Gasteiger partial charge in [0.05, 0.1) is 6.54 Å². The monoisotopic (exact) mass is 465 g/mol. The van der Waals surface area contributed by atoms with Crippen LogP contribution in [0.1, 0.15) is 12.5 Å². The Balaban J connectivity index is 0.00000264. The normalized spacial score (nSPS) is 12.2. The zero-order valence-electron chi connectivity index (χ0n) is 13.1. The van der Waals surface area contributed by atoms with Gasteiger partial charge in [0, 0.05) is 18.6 Å². The minimum atomic E-state index is -0.00170. The molecule has 1 atom stereocenters. The highest BCUT2D eigenvalue weighted by atomic mass is 127. The van der Waals surface area contributed by atoms with Gasteiger partial charge in [0.25, 0.3) is 0 Å². The Morgan fingerprint density at radius 3 is 2.83 bits per heavy atom. The average molecular weight is 466 g/mol. The molecule has 0 amide bonds. The number of halogens is 2. The van der Waals surface area contributed by atoms with Crippen LogP contribution in [0.2, 0.25) is 5.02 Å². The Kier molecular flexibility index (Phi) is 9.35. The molecule has 2 N–H and O–H groups in total. The average Bonchev–Trinajstić information content (AvgIpc) is 3.01. The molecule has 0 bridgehead atoms. The molecule has 4 nitrogen and oxygen atoms in total. The van der Waals surface area contributed by atoms with Gasteiger partial charge in [-0.25, -0.2) is 0 Å². The Labute approximate surface area is 163 Å². The second-order valence-electron chi connectivity index (χ2n) is 4.82. The van der Waals surface area contributed by atoms with Crippen molar-refractivity contribution in [1.82, 2.24) is 10.6 Å². The van der Waals surface area contributed by atoms with Crippen LogP contribution >= 0.6 is 46.9 Å². The summed E-state index contributed by atoms with van der Waals surface area (Å²) in [4.78, 5) is 4.20. The van der Waals surface area contributed by atoms with Crippen LogP contribution in [-0.2, 0) is 6.54 Å². The standard InChI is InChI=1S/C16H20ClN3OS.HI/c1-12(21-15-5-3-4-14(17)8-15)9-19-16(18-2)20-10-13-6-7-22-11-13;/h3-8,11-12H,9-10H2,1-2H3,(H2,18,19,20);1H. The minimum Gasteiger partial charge on any atom is -0.489 e. The molecular formula is C16H21ClIN3OS. The van der Waals surface area contributed by atoms with Gasteiger partial charge in [-0.1, -0.05) is 17.7 Å². The SMILES string of the molecule is CN=C(NCc1ccsc1)NCC(C)Oc1cccc(Cl)c1.I. The molecule has 2 rings (SSSR count). The number of nitrogens with zero attached hydrogens (tertiary/aromatic N) is 1. The summed E-state index contributed by atoms with van der Waals surface area (Å²) in [5.41, 5.74) is 1.25. The van der Waals surface area contributed by atoms with Crippen LogP contribution in [0.15, 0.2) is 46.1 Å². The molecule has 23 heavy (non-hydrogen) atoms. The van der Waals surface area contributed by atoms with E-state index < -0.39 is 0 Å². The van der Waals surface area contributed by atoms with Crippen LogP contribution in [-0.4, -0.2) is 25.7 Å². The molecule has 1 aromatic heterocycles. The number of guanidine groups is 1. The van der Waals surface area contributed by atoms with Crippen molar-refractivity contribution < 1.29 is 4.74 Å². The summed E-state index contributed by atoms with van der Waals surface area (Å²) >= 11 is 7.63. The fourth-order valence-electron chi connectivity index (χ4n) is 1.85. The van der Waals surface area contributed by atoms with Gasteiger partial charge in [-0.3, -0.25) is 4.99 Å². The Hall–Kier alpha value is -0.990. The second-order valence-corrected chi connectivity index (χ2v) is 6.04. The lowest BCUT2D eigenvalue weighted by Gasteiger charge is -2.17. The van der Waals surface area contributed by atoms with Crippen molar-refractivity contribution >= 4 is 52.9 Å². The maximum absolute atomic E-state index is 5.94. The second kappa shape index (κ2) is 10.7. The van der Waals surface area contributed by atoms with Gasteiger partial charge >= 0.3 is 0 Å². The fraction of sp³-hybridized carbons (Fsp3) is 0.312. The molecular weight excluding hydrogens is 445 g/mol. The maximum Gasteiger partial charge on any atom is 0.191 e. The van der Waals surface area contributed by atoms with E-state index in [1.165, 1.54) is 5.56 Å². The Bertz CT molecular complexity index is 607. The van der Waals surface area contributed by atoms with Gasteiger partial charge in [0.15, 0.2) is 5.96 Å². The van der Waals surface area contributed by atoms with Gasteiger partial charge in [-0.05, 0) is 47.5 Å². The lowest BCUT2D eigenvalue weighted by atomic mass is 10.3. The van der Waals surface area contributed by atoms with Crippen LogP contribution < -0.4 is 15.4 Å². The van der Waals surface area contributed by atoms with Crippen molar-refractivity contribution in [2.45, 2.75) is 19.6 Å². The summed E-state index contributed by atoms with van der Waals surface area (Å²) < 4.78 is 5.81. The molecule has 0 aliphatic heterocycles. The van der Waals surface area contributed by atoms with E-state index in [1.54, 1.807) is 18.4 Å². The van der Waals surface area contributed by atoms with Crippen molar-refractivity contribution in [2.24, 2.45) is 4.99 Å². The zero-order valence-corrected chi connectivity index (χ0v) is 17.0. The van der Waals surface area contributed by atoms with Crippen molar-refractivity contribution in [3.63, 3.8) is 0 Å². The summed E-state index contributed by atoms with van der Waals surface area (Å²) in [6.07, 6.45) is -0.00170. The van der Waals surface area contributed by atoms with Gasteiger partial charge < -0.3 is 15.4 Å². The number of nitrogens with one attached hydrogen (secondary N) is 2. The third kappa shape index (κ3) is 7.41. The van der Waals surface area contributed by atoms with Gasteiger partial charge in [0.2, 0.25) is 0 Å². The number of benzene rings is 1. The quantitative estimate of drug-likeness (QED) is 0.383. The first kappa shape index (κ1) is 20.1. The third-order valence-corrected chi connectivity index (χ3v) is 3.92. The van der Waals surface area contributed by atoms with E-state index >= 15 is 0 Å². The molecule has 0 aliphatic rings. The van der Waals surface area contributed by atoms with Gasteiger partial charge in [-0.15, -0.1) is 24.0 Å². The largest absolute Gasteiger partial charge is 0.489 e. The first-order valence-corrected chi connectivity index (χ1v) is 8.37. The molecule has 2 aromatic rings. The zero-order chi connectivity index (χ0) is 15.8. The predicted octanol–water partition coefficient (Wildman–Crippen LogP) is 4.15. The number of ether oxygens (including phenoxy) is 1. The molecule has 0 aliphatic carbocycles. The molecule has 0 radical (unpaired) electrons. The Morgan fingerprint density at radius 1 is 1.35 bits per heavy atom. The highest BCUT2D eigenvalue weighted by Crippen LogP contribution is 2.18. The molecule has 126 valence electrons. The summed E-state index contributed by atoms with van der Waals surface area (Å²) in [5.74, 6) is 1.52. The van der Waals surface area contributed by atoms with E-state index in [1.807, 2.05) is 31.2 Å². The maximum atomic E-state index is 5.94. The molecule has 0 spiro atoms.